The Bertz CT molecular complexity index is 95.6. The van der Waals surface area contributed by atoms with Crippen molar-refractivity contribution in [3.63, 3.8) is 0 Å². The van der Waals surface area contributed by atoms with Gasteiger partial charge in [0.1, 0.15) is 0 Å². The molecule has 0 saturated carbocycles. The first-order valence-electron chi connectivity index (χ1n) is 4.58. The van der Waals surface area contributed by atoms with Gasteiger partial charge in [0.25, 0.3) is 0 Å². The summed E-state index contributed by atoms with van der Waals surface area (Å²) in [6.07, 6.45) is 5.10. The van der Waals surface area contributed by atoms with Gasteiger partial charge in [-0.1, -0.05) is 26.7 Å². The Kier molecular flexibility index (Phi) is 5.51. The molecule has 0 aromatic heterocycles. The minimum atomic E-state index is -0.106. The number of rotatable bonds is 6. The van der Waals surface area contributed by atoms with E-state index in [9.17, 15) is 0 Å². The van der Waals surface area contributed by atoms with Gasteiger partial charge in [-0.3, -0.25) is 0 Å². The van der Waals surface area contributed by atoms with Crippen molar-refractivity contribution in [1.82, 2.24) is 0 Å². The molecule has 2 nitrogen and oxygen atoms in total. The van der Waals surface area contributed by atoms with Gasteiger partial charge in [-0.15, -0.1) is 0 Å². The summed E-state index contributed by atoms with van der Waals surface area (Å²) in [5.74, 6) is 0. The van der Waals surface area contributed by atoms with Gasteiger partial charge in [0.05, 0.1) is 0 Å². The Hall–Kier alpha value is -0.0800. The Balaban J connectivity index is 3.68. The van der Waals surface area contributed by atoms with Crippen molar-refractivity contribution in [3.05, 3.63) is 0 Å². The molecule has 0 aliphatic heterocycles. The van der Waals surface area contributed by atoms with Gasteiger partial charge in [-0.2, -0.15) is 0 Å². The summed E-state index contributed by atoms with van der Waals surface area (Å²) in [4.78, 5) is 0. The smallest absolute Gasteiger partial charge is 0.0448 e. The second-order valence-electron chi connectivity index (χ2n) is 3.29. The van der Waals surface area contributed by atoms with E-state index >= 15 is 0 Å². The lowest BCUT2D eigenvalue weighted by molar-refractivity contribution is 0.224. The van der Waals surface area contributed by atoms with Crippen LogP contribution < -0.4 is 5.73 Å². The Morgan fingerprint density at radius 2 is 1.91 bits per heavy atom. The molecule has 0 aliphatic carbocycles. The zero-order chi connectivity index (χ0) is 8.74. The van der Waals surface area contributed by atoms with Crippen LogP contribution in [0.4, 0.5) is 0 Å². The molecule has 0 fully saturated rings. The van der Waals surface area contributed by atoms with Crippen LogP contribution in [-0.4, -0.2) is 17.3 Å². The lowest BCUT2D eigenvalue weighted by Gasteiger charge is -2.27. The van der Waals surface area contributed by atoms with Crippen LogP contribution in [0.2, 0.25) is 0 Å². The van der Waals surface area contributed by atoms with Crippen LogP contribution >= 0.6 is 0 Å². The number of aliphatic hydroxyl groups excluding tert-OH is 1. The average molecular weight is 159 g/mol. The number of hydrogen-bond donors (Lipinski definition) is 2. The molecule has 2 heteroatoms. The molecule has 1 unspecified atom stereocenters. The molecule has 0 radical (unpaired) electrons. The normalized spacial score (nSPS) is 16.4. The van der Waals surface area contributed by atoms with Crippen LogP contribution in [-0.2, 0) is 0 Å². The van der Waals surface area contributed by atoms with Crippen molar-refractivity contribution in [2.45, 2.75) is 51.5 Å². The van der Waals surface area contributed by atoms with E-state index in [0.29, 0.717) is 0 Å². The van der Waals surface area contributed by atoms with E-state index in [1.807, 2.05) is 0 Å². The number of unbranched alkanes of at least 4 members (excludes halogenated alkanes) is 1. The zero-order valence-electron chi connectivity index (χ0n) is 7.77. The maximum absolute atomic E-state index is 8.75. The largest absolute Gasteiger partial charge is 0.396 e. The first-order chi connectivity index (χ1) is 5.18. The minimum absolute atomic E-state index is 0.106. The molecule has 0 spiro atoms. The molecule has 0 rings (SSSR count). The highest BCUT2D eigenvalue weighted by Crippen LogP contribution is 2.18. The molecule has 1 atom stereocenters. The predicted octanol–water partition coefficient (Wildman–Crippen LogP) is 1.67. The summed E-state index contributed by atoms with van der Waals surface area (Å²) < 4.78 is 0. The second-order valence-corrected chi connectivity index (χ2v) is 3.29. The van der Waals surface area contributed by atoms with Gasteiger partial charge in [0, 0.05) is 12.1 Å². The van der Waals surface area contributed by atoms with Gasteiger partial charge >= 0.3 is 0 Å². The SMILES string of the molecule is CCCCC(N)(CC)CCO. The van der Waals surface area contributed by atoms with E-state index in [4.69, 9.17) is 10.8 Å². The van der Waals surface area contributed by atoms with Crippen LogP contribution in [0.25, 0.3) is 0 Å². The Morgan fingerprint density at radius 1 is 1.27 bits per heavy atom. The quantitative estimate of drug-likeness (QED) is 0.619. The third-order valence-corrected chi connectivity index (χ3v) is 2.34. The third kappa shape index (κ3) is 4.38. The van der Waals surface area contributed by atoms with Crippen molar-refractivity contribution in [2.24, 2.45) is 5.73 Å². The molecule has 0 aromatic carbocycles. The molecule has 3 N–H and O–H groups in total. The fourth-order valence-electron chi connectivity index (χ4n) is 1.23. The molecule has 11 heavy (non-hydrogen) atoms. The van der Waals surface area contributed by atoms with E-state index < -0.39 is 0 Å². The fraction of sp³-hybridized carbons (Fsp3) is 1.00. The lowest BCUT2D eigenvalue weighted by Crippen LogP contribution is -2.39. The van der Waals surface area contributed by atoms with Crippen molar-refractivity contribution < 1.29 is 5.11 Å². The third-order valence-electron chi connectivity index (χ3n) is 2.34. The van der Waals surface area contributed by atoms with Crippen molar-refractivity contribution in [1.29, 1.82) is 0 Å². The molecule has 0 bridgehead atoms. The van der Waals surface area contributed by atoms with Crippen LogP contribution in [0, 0.1) is 0 Å². The maximum Gasteiger partial charge on any atom is 0.0448 e. The number of aliphatic hydroxyl groups is 1. The summed E-state index contributed by atoms with van der Waals surface area (Å²) in [5, 5.41) is 8.75. The van der Waals surface area contributed by atoms with Gasteiger partial charge in [0.2, 0.25) is 0 Å². The first-order valence-corrected chi connectivity index (χ1v) is 4.58. The molecule has 68 valence electrons. The first kappa shape index (κ1) is 10.9. The maximum atomic E-state index is 8.75. The summed E-state index contributed by atoms with van der Waals surface area (Å²) in [6.45, 7) is 4.47. The van der Waals surface area contributed by atoms with Crippen LogP contribution in [0.5, 0.6) is 0 Å². The highest BCUT2D eigenvalue weighted by atomic mass is 16.3. The molecular formula is C9H21NO. The molecular weight excluding hydrogens is 138 g/mol. The van der Waals surface area contributed by atoms with Crippen molar-refractivity contribution in [2.75, 3.05) is 6.61 Å². The predicted molar refractivity (Wildman–Crippen MR) is 48.4 cm³/mol. The molecule has 0 heterocycles. The molecule has 0 aliphatic rings. The summed E-state index contributed by atoms with van der Waals surface area (Å²) in [7, 11) is 0. The molecule has 0 aromatic rings. The number of hydrogen-bond acceptors (Lipinski definition) is 2. The summed E-state index contributed by atoms with van der Waals surface area (Å²) in [6, 6.07) is 0. The van der Waals surface area contributed by atoms with E-state index in [0.717, 1.165) is 19.3 Å². The molecule has 0 amide bonds. The van der Waals surface area contributed by atoms with Crippen molar-refractivity contribution >= 4 is 0 Å². The van der Waals surface area contributed by atoms with E-state index in [-0.39, 0.29) is 12.1 Å². The Labute approximate surface area is 69.8 Å². The summed E-state index contributed by atoms with van der Waals surface area (Å²) >= 11 is 0. The topological polar surface area (TPSA) is 46.2 Å². The monoisotopic (exact) mass is 159 g/mol. The van der Waals surface area contributed by atoms with E-state index in [1.165, 1.54) is 12.8 Å². The van der Waals surface area contributed by atoms with Crippen molar-refractivity contribution in [3.8, 4) is 0 Å². The fourth-order valence-corrected chi connectivity index (χ4v) is 1.23. The van der Waals surface area contributed by atoms with Gasteiger partial charge in [-0.25, -0.2) is 0 Å². The minimum Gasteiger partial charge on any atom is -0.396 e. The van der Waals surface area contributed by atoms with E-state index in [2.05, 4.69) is 13.8 Å². The van der Waals surface area contributed by atoms with Gasteiger partial charge in [-0.05, 0) is 19.3 Å². The van der Waals surface area contributed by atoms with Gasteiger partial charge < -0.3 is 10.8 Å². The zero-order valence-corrected chi connectivity index (χ0v) is 7.77. The van der Waals surface area contributed by atoms with Crippen LogP contribution in [0.15, 0.2) is 0 Å². The molecule has 0 saturated heterocycles. The second kappa shape index (κ2) is 5.56. The van der Waals surface area contributed by atoms with E-state index in [1.54, 1.807) is 0 Å². The highest BCUT2D eigenvalue weighted by Gasteiger charge is 2.20. The highest BCUT2D eigenvalue weighted by molar-refractivity contribution is 4.81. The van der Waals surface area contributed by atoms with Crippen LogP contribution in [0.1, 0.15) is 46.0 Å². The number of nitrogens with two attached hydrogens (primary N) is 1. The van der Waals surface area contributed by atoms with Gasteiger partial charge in [0.15, 0.2) is 0 Å². The lowest BCUT2D eigenvalue weighted by atomic mass is 9.88. The standard InChI is InChI=1S/C9H21NO/c1-3-5-6-9(10,4-2)7-8-11/h11H,3-8,10H2,1-2H3. The Morgan fingerprint density at radius 3 is 2.27 bits per heavy atom. The van der Waals surface area contributed by atoms with Crippen LogP contribution in [0.3, 0.4) is 0 Å². The average Bonchev–Trinajstić information content (AvgIpc) is 2.02. The summed E-state index contributed by atoms with van der Waals surface area (Å²) in [5.41, 5.74) is 5.93.